The molecule has 9 heteroatoms. The van der Waals surface area contributed by atoms with Crippen LogP contribution in [0.5, 0.6) is 0 Å². The van der Waals surface area contributed by atoms with Crippen molar-refractivity contribution in [2.45, 2.75) is 31.6 Å². The molecule has 0 atom stereocenters. The minimum atomic E-state index is -3.84. The van der Waals surface area contributed by atoms with Gasteiger partial charge in [0.2, 0.25) is 0 Å². The van der Waals surface area contributed by atoms with Crippen molar-refractivity contribution in [3.8, 4) is 0 Å². The molecule has 0 fully saturated rings. The van der Waals surface area contributed by atoms with E-state index in [1.807, 2.05) is 26.0 Å². The first kappa shape index (κ1) is 20.1. The molecular weight excluding hydrogens is 396 g/mol. The van der Waals surface area contributed by atoms with Gasteiger partial charge in [-0.15, -0.1) is 11.3 Å². The van der Waals surface area contributed by atoms with E-state index in [1.54, 1.807) is 23.7 Å². The predicted octanol–water partition coefficient (Wildman–Crippen LogP) is 3.25. The fraction of sp³-hybridized carbons (Fsp3) is 0.263. The summed E-state index contributed by atoms with van der Waals surface area (Å²) in [5.41, 5.74) is 3.61. The quantitative estimate of drug-likeness (QED) is 0.489. The summed E-state index contributed by atoms with van der Waals surface area (Å²) >= 11 is 1.11. The molecule has 7 nitrogen and oxygen atoms in total. The molecule has 0 saturated heterocycles. The first-order valence-electron chi connectivity index (χ1n) is 8.81. The Labute approximate surface area is 168 Å². The van der Waals surface area contributed by atoms with E-state index in [1.165, 1.54) is 6.07 Å². The molecule has 3 aromatic rings. The zero-order chi connectivity index (χ0) is 20.1. The van der Waals surface area contributed by atoms with Gasteiger partial charge in [-0.05, 0) is 55.8 Å². The largest absolute Gasteiger partial charge is 0.351 e. The Hall–Kier alpha value is -2.65. The van der Waals surface area contributed by atoms with Crippen molar-refractivity contribution in [3.05, 3.63) is 63.6 Å². The summed E-state index contributed by atoms with van der Waals surface area (Å²) in [6.45, 7) is 4.32. The van der Waals surface area contributed by atoms with E-state index in [0.717, 1.165) is 41.0 Å². The number of carbonyl (C=O) groups is 1. The Balaban J connectivity index is 1.62. The number of aryl methyl sites for hydroxylation is 3. The second-order valence-electron chi connectivity index (χ2n) is 6.47. The highest BCUT2D eigenvalue weighted by atomic mass is 32.2. The van der Waals surface area contributed by atoms with Crippen molar-refractivity contribution in [1.29, 1.82) is 0 Å². The average Bonchev–Trinajstić information content (AvgIpc) is 3.30. The molecule has 0 radical (unpaired) electrons. The molecule has 28 heavy (non-hydrogen) atoms. The lowest BCUT2D eigenvalue weighted by atomic mass is 10.1. The van der Waals surface area contributed by atoms with Crippen molar-refractivity contribution in [2.75, 3.05) is 11.3 Å². The molecule has 0 saturated carbocycles. The Bertz CT molecular complexity index is 1050. The number of thiophene rings is 1. The SMILES string of the molecule is Cc1ccc(NS(=O)(=O)c2ccsc2C(=O)NCCCc2cn[nH]c2C)cc1. The molecule has 1 amide bonds. The van der Waals surface area contributed by atoms with Gasteiger partial charge >= 0.3 is 0 Å². The van der Waals surface area contributed by atoms with Gasteiger partial charge < -0.3 is 5.32 Å². The molecular formula is C19H22N4O3S2. The van der Waals surface area contributed by atoms with E-state index in [0.29, 0.717) is 12.2 Å². The maximum atomic E-state index is 12.7. The van der Waals surface area contributed by atoms with Crippen LogP contribution in [0.4, 0.5) is 5.69 Å². The summed E-state index contributed by atoms with van der Waals surface area (Å²) in [6, 6.07) is 8.47. The smallest absolute Gasteiger partial charge is 0.263 e. The van der Waals surface area contributed by atoms with Gasteiger partial charge in [-0.25, -0.2) is 8.42 Å². The zero-order valence-electron chi connectivity index (χ0n) is 15.7. The molecule has 0 aliphatic carbocycles. The summed E-state index contributed by atoms with van der Waals surface area (Å²) in [5.74, 6) is -0.386. The molecule has 0 aliphatic heterocycles. The first-order valence-corrected chi connectivity index (χ1v) is 11.2. The van der Waals surface area contributed by atoms with Gasteiger partial charge in [0.25, 0.3) is 15.9 Å². The van der Waals surface area contributed by atoms with Crippen molar-refractivity contribution < 1.29 is 13.2 Å². The number of anilines is 1. The van der Waals surface area contributed by atoms with Gasteiger partial charge in [-0.1, -0.05) is 17.7 Å². The van der Waals surface area contributed by atoms with E-state index in [9.17, 15) is 13.2 Å². The normalized spacial score (nSPS) is 11.4. The Morgan fingerprint density at radius 2 is 1.93 bits per heavy atom. The summed E-state index contributed by atoms with van der Waals surface area (Å²) in [5, 5.41) is 11.3. The third-order valence-corrected chi connectivity index (χ3v) is 6.74. The molecule has 3 N–H and O–H groups in total. The number of nitrogens with one attached hydrogen (secondary N) is 3. The number of rotatable bonds is 8. The third-order valence-electron chi connectivity index (χ3n) is 4.27. The number of aromatic nitrogens is 2. The predicted molar refractivity (Wildman–Crippen MR) is 110 cm³/mol. The highest BCUT2D eigenvalue weighted by Crippen LogP contribution is 2.24. The van der Waals surface area contributed by atoms with Crippen molar-refractivity contribution >= 4 is 33.0 Å². The number of H-pyrrole nitrogens is 1. The number of benzene rings is 1. The number of sulfonamides is 1. The van der Waals surface area contributed by atoms with Gasteiger partial charge in [0.1, 0.15) is 9.77 Å². The standard InChI is InChI=1S/C19H22N4O3S2/c1-13-5-7-16(8-6-13)23-28(25,26)17-9-11-27-18(17)19(24)20-10-3-4-15-12-21-22-14(15)2/h5-9,11-12,23H,3-4,10H2,1-2H3,(H,20,24)(H,21,22). The molecule has 2 aromatic heterocycles. The second-order valence-corrected chi connectivity index (χ2v) is 9.03. The summed E-state index contributed by atoms with van der Waals surface area (Å²) in [7, 11) is -3.84. The van der Waals surface area contributed by atoms with Crippen molar-refractivity contribution in [2.24, 2.45) is 0 Å². The van der Waals surface area contributed by atoms with Crippen molar-refractivity contribution in [3.63, 3.8) is 0 Å². The topological polar surface area (TPSA) is 104 Å². The Morgan fingerprint density at radius 1 is 1.18 bits per heavy atom. The monoisotopic (exact) mass is 418 g/mol. The third kappa shape index (κ3) is 4.79. The fourth-order valence-corrected chi connectivity index (χ4v) is 5.10. The number of hydrogen-bond acceptors (Lipinski definition) is 5. The Kier molecular flexibility index (Phi) is 6.15. The first-order chi connectivity index (χ1) is 13.4. The van der Waals surface area contributed by atoms with E-state index >= 15 is 0 Å². The summed E-state index contributed by atoms with van der Waals surface area (Å²) in [4.78, 5) is 12.7. The number of aromatic amines is 1. The van der Waals surface area contributed by atoms with Gasteiger partial charge in [-0.2, -0.15) is 5.10 Å². The van der Waals surface area contributed by atoms with Crippen LogP contribution in [0.15, 0.2) is 46.8 Å². The molecule has 3 rings (SSSR count). The lowest BCUT2D eigenvalue weighted by Crippen LogP contribution is -2.26. The number of carbonyl (C=O) groups excluding carboxylic acids is 1. The van der Waals surface area contributed by atoms with Gasteiger partial charge in [0.05, 0.1) is 6.20 Å². The highest BCUT2D eigenvalue weighted by molar-refractivity contribution is 7.93. The van der Waals surface area contributed by atoms with Crippen LogP contribution in [-0.4, -0.2) is 31.1 Å². The van der Waals surface area contributed by atoms with Crippen LogP contribution >= 0.6 is 11.3 Å². The zero-order valence-corrected chi connectivity index (χ0v) is 17.3. The maximum absolute atomic E-state index is 12.7. The minimum Gasteiger partial charge on any atom is -0.351 e. The van der Waals surface area contributed by atoms with Crippen LogP contribution in [0.3, 0.4) is 0 Å². The molecule has 0 spiro atoms. The van der Waals surface area contributed by atoms with E-state index in [2.05, 4.69) is 20.2 Å². The lowest BCUT2D eigenvalue weighted by Gasteiger charge is -2.09. The average molecular weight is 419 g/mol. The van der Waals surface area contributed by atoms with E-state index in [4.69, 9.17) is 0 Å². The van der Waals surface area contributed by atoms with Crippen LogP contribution in [-0.2, 0) is 16.4 Å². The molecule has 148 valence electrons. The van der Waals surface area contributed by atoms with Gasteiger partial charge in [0.15, 0.2) is 0 Å². The summed E-state index contributed by atoms with van der Waals surface area (Å²) in [6.07, 6.45) is 3.30. The fourth-order valence-electron chi connectivity index (χ4n) is 2.70. The molecule has 2 heterocycles. The number of amides is 1. The number of hydrogen-bond donors (Lipinski definition) is 3. The van der Waals surface area contributed by atoms with Gasteiger partial charge in [-0.3, -0.25) is 14.6 Å². The minimum absolute atomic E-state index is 0.0127. The second kappa shape index (κ2) is 8.57. The maximum Gasteiger partial charge on any atom is 0.263 e. The van der Waals surface area contributed by atoms with Crippen LogP contribution < -0.4 is 10.0 Å². The number of nitrogens with zero attached hydrogens (tertiary/aromatic N) is 1. The molecule has 0 bridgehead atoms. The molecule has 0 aliphatic rings. The molecule has 1 aromatic carbocycles. The van der Waals surface area contributed by atoms with E-state index in [-0.39, 0.29) is 15.7 Å². The summed E-state index contributed by atoms with van der Waals surface area (Å²) < 4.78 is 27.9. The van der Waals surface area contributed by atoms with Crippen molar-refractivity contribution in [1.82, 2.24) is 15.5 Å². The van der Waals surface area contributed by atoms with Crippen LogP contribution in [0.1, 0.15) is 32.9 Å². The van der Waals surface area contributed by atoms with Gasteiger partial charge in [0, 0.05) is 17.9 Å². The molecule has 0 unspecified atom stereocenters. The van der Waals surface area contributed by atoms with Crippen LogP contribution in [0.2, 0.25) is 0 Å². The van der Waals surface area contributed by atoms with E-state index < -0.39 is 10.0 Å². The van der Waals surface area contributed by atoms with Crippen LogP contribution in [0, 0.1) is 13.8 Å². The lowest BCUT2D eigenvalue weighted by molar-refractivity contribution is 0.0954. The van der Waals surface area contributed by atoms with Crippen LogP contribution in [0.25, 0.3) is 0 Å². The Morgan fingerprint density at radius 3 is 2.61 bits per heavy atom. The highest BCUT2D eigenvalue weighted by Gasteiger charge is 2.24.